The molecule has 0 saturated carbocycles. The third-order valence-corrected chi connectivity index (χ3v) is 7.03. The van der Waals surface area contributed by atoms with Crippen LogP contribution in [0.2, 0.25) is 0 Å². The number of benzene rings is 3. The predicted octanol–water partition coefficient (Wildman–Crippen LogP) is 5.80. The minimum absolute atomic E-state index is 0.0355. The van der Waals surface area contributed by atoms with Gasteiger partial charge in [0.15, 0.2) is 0 Å². The van der Waals surface area contributed by atoms with Crippen molar-refractivity contribution in [3.05, 3.63) is 100 Å². The van der Waals surface area contributed by atoms with Crippen LogP contribution in [0.25, 0.3) is 28.2 Å². The maximum absolute atomic E-state index is 13.5. The Hall–Kier alpha value is -3.78. The van der Waals surface area contributed by atoms with E-state index in [-0.39, 0.29) is 29.9 Å². The number of rotatable bonds is 5. The molecule has 2 amide bonds. The summed E-state index contributed by atoms with van der Waals surface area (Å²) in [6, 6.07) is 18.1. The average molecular weight is 564 g/mol. The maximum Gasteiger partial charge on any atom is 0.246 e. The normalized spacial score (nSPS) is 14.0. The van der Waals surface area contributed by atoms with E-state index in [0.29, 0.717) is 31.7 Å². The third kappa shape index (κ3) is 5.64. The molecule has 4 aromatic rings. The summed E-state index contributed by atoms with van der Waals surface area (Å²) in [5, 5.41) is 0.929. The summed E-state index contributed by atoms with van der Waals surface area (Å²) >= 11 is 3.52. The summed E-state index contributed by atoms with van der Waals surface area (Å²) < 4.78 is 27.8. The van der Waals surface area contributed by atoms with Gasteiger partial charge in [0.05, 0.1) is 12.1 Å². The number of amides is 2. The molecule has 1 saturated heterocycles. The Bertz CT molecular complexity index is 1490. The number of carbonyl (C=O) groups is 2. The summed E-state index contributed by atoms with van der Waals surface area (Å²) in [6.07, 6.45) is 3.21. The molecule has 1 aromatic heterocycles. The SMILES string of the molecule is O=C(/C=C/c1cccc(F)c1)N1CCN(C(=O)Cc2c(-c3ccc(F)cc3)[nH]c3ccc(Br)cc23)CC1. The third-order valence-electron chi connectivity index (χ3n) is 6.54. The Morgan fingerprint density at radius 1 is 0.892 bits per heavy atom. The van der Waals surface area contributed by atoms with Crippen LogP contribution in [0.1, 0.15) is 11.1 Å². The topological polar surface area (TPSA) is 56.4 Å². The quantitative estimate of drug-likeness (QED) is 0.312. The summed E-state index contributed by atoms with van der Waals surface area (Å²) in [7, 11) is 0. The molecule has 5 nitrogen and oxygen atoms in total. The summed E-state index contributed by atoms with van der Waals surface area (Å²) in [5.74, 6) is -0.881. The van der Waals surface area contributed by atoms with E-state index in [1.807, 2.05) is 18.2 Å². The lowest BCUT2D eigenvalue weighted by atomic mass is 10.0. The predicted molar refractivity (Wildman–Crippen MR) is 144 cm³/mol. The number of nitrogens with one attached hydrogen (secondary N) is 1. The highest BCUT2D eigenvalue weighted by Gasteiger charge is 2.25. The van der Waals surface area contributed by atoms with Crippen LogP contribution in [0.15, 0.2) is 77.3 Å². The van der Waals surface area contributed by atoms with Crippen LogP contribution in [0.4, 0.5) is 8.78 Å². The number of aromatic nitrogens is 1. The Kier molecular flexibility index (Phi) is 7.19. The minimum Gasteiger partial charge on any atom is -0.354 e. The van der Waals surface area contributed by atoms with Crippen molar-refractivity contribution in [2.45, 2.75) is 6.42 Å². The monoisotopic (exact) mass is 563 g/mol. The molecule has 0 aliphatic carbocycles. The van der Waals surface area contributed by atoms with Gasteiger partial charge in [-0.1, -0.05) is 28.1 Å². The molecule has 8 heteroatoms. The molecule has 1 aliphatic heterocycles. The van der Waals surface area contributed by atoms with Gasteiger partial charge in [0.25, 0.3) is 0 Å². The van der Waals surface area contributed by atoms with Crippen molar-refractivity contribution in [2.24, 2.45) is 0 Å². The van der Waals surface area contributed by atoms with E-state index in [4.69, 9.17) is 0 Å². The van der Waals surface area contributed by atoms with E-state index in [2.05, 4.69) is 20.9 Å². The molecule has 5 rings (SSSR count). The van der Waals surface area contributed by atoms with Gasteiger partial charge in [-0.3, -0.25) is 9.59 Å². The fourth-order valence-electron chi connectivity index (χ4n) is 4.59. The zero-order chi connectivity index (χ0) is 25.9. The first-order valence-corrected chi connectivity index (χ1v) is 12.7. The molecule has 3 aromatic carbocycles. The van der Waals surface area contributed by atoms with E-state index < -0.39 is 0 Å². The van der Waals surface area contributed by atoms with E-state index in [0.717, 1.165) is 32.2 Å². The number of fused-ring (bicyclic) bond motifs is 1. The largest absolute Gasteiger partial charge is 0.354 e. The first-order chi connectivity index (χ1) is 17.9. The Morgan fingerprint density at radius 3 is 2.35 bits per heavy atom. The lowest BCUT2D eigenvalue weighted by Crippen LogP contribution is -2.50. The van der Waals surface area contributed by atoms with Gasteiger partial charge in [-0.15, -0.1) is 0 Å². The van der Waals surface area contributed by atoms with Gasteiger partial charge < -0.3 is 14.8 Å². The van der Waals surface area contributed by atoms with E-state index in [1.165, 1.54) is 30.3 Å². The first-order valence-electron chi connectivity index (χ1n) is 11.9. The van der Waals surface area contributed by atoms with Crippen molar-refractivity contribution in [3.8, 4) is 11.3 Å². The van der Waals surface area contributed by atoms with Crippen molar-refractivity contribution in [2.75, 3.05) is 26.2 Å². The van der Waals surface area contributed by atoms with Gasteiger partial charge in [0.1, 0.15) is 11.6 Å². The standard InChI is InChI=1S/C29H24BrF2N3O2/c30-21-7-10-26-24(17-21)25(29(33-26)20-5-8-22(31)9-6-20)18-28(37)35-14-12-34(13-15-35)27(36)11-4-19-2-1-3-23(32)16-19/h1-11,16-17,33H,12-15,18H2/b11-4+. The van der Waals surface area contributed by atoms with Crippen LogP contribution in [0.3, 0.4) is 0 Å². The molecule has 0 spiro atoms. The van der Waals surface area contributed by atoms with Gasteiger partial charge in [0.2, 0.25) is 11.8 Å². The highest BCUT2D eigenvalue weighted by molar-refractivity contribution is 9.10. The zero-order valence-corrected chi connectivity index (χ0v) is 21.5. The highest BCUT2D eigenvalue weighted by Crippen LogP contribution is 2.33. The smallest absolute Gasteiger partial charge is 0.246 e. The van der Waals surface area contributed by atoms with Gasteiger partial charge in [-0.2, -0.15) is 0 Å². The van der Waals surface area contributed by atoms with E-state index in [9.17, 15) is 18.4 Å². The molecule has 0 unspecified atom stereocenters. The van der Waals surface area contributed by atoms with E-state index in [1.54, 1.807) is 40.1 Å². The van der Waals surface area contributed by atoms with E-state index >= 15 is 0 Å². The Labute approximate surface area is 221 Å². The van der Waals surface area contributed by atoms with Crippen molar-refractivity contribution in [3.63, 3.8) is 0 Å². The highest BCUT2D eigenvalue weighted by atomic mass is 79.9. The molecule has 2 heterocycles. The van der Waals surface area contributed by atoms with Crippen molar-refractivity contribution in [1.82, 2.24) is 14.8 Å². The van der Waals surface area contributed by atoms with Gasteiger partial charge in [-0.25, -0.2) is 8.78 Å². The lowest BCUT2D eigenvalue weighted by Gasteiger charge is -2.34. The second-order valence-electron chi connectivity index (χ2n) is 8.95. The molecule has 1 fully saturated rings. The first kappa shape index (κ1) is 24.9. The van der Waals surface area contributed by atoms with Crippen LogP contribution in [-0.2, 0) is 16.0 Å². The molecule has 0 radical (unpaired) electrons. The van der Waals surface area contributed by atoms with Crippen molar-refractivity contribution in [1.29, 1.82) is 0 Å². The number of H-pyrrole nitrogens is 1. The zero-order valence-electron chi connectivity index (χ0n) is 19.9. The number of piperazine rings is 1. The fourth-order valence-corrected chi connectivity index (χ4v) is 4.95. The Morgan fingerprint density at radius 2 is 1.62 bits per heavy atom. The number of carbonyl (C=O) groups excluding carboxylic acids is 2. The summed E-state index contributed by atoms with van der Waals surface area (Å²) in [6.45, 7) is 1.69. The number of hydrogen-bond donors (Lipinski definition) is 1. The van der Waals surface area contributed by atoms with Crippen LogP contribution < -0.4 is 0 Å². The van der Waals surface area contributed by atoms with Gasteiger partial charge >= 0.3 is 0 Å². The van der Waals surface area contributed by atoms with Crippen molar-refractivity contribution >= 4 is 44.7 Å². The molecule has 0 atom stereocenters. The molecule has 37 heavy (non-hydrogen) atoms. The fraction of sp³-hybridized carbons (Fsp3) is 0.172. The summed E-state index contributed by atoms with van der Waals surface area (Å²) in [4.78, 5) is 32.8. The van der Waals surface area contributed by atoms with Crippen molar-refractivity contribution < 1.29 is 18.4 Å². The maximum atomic E-state index is 13.5. The average Bonchev–Trinajstić information content (AvgIpc) is 3.25. The number of halogens is 3. The molecular formula is C29H24BrF2N3O2. The van der Waals surface area contributed by atoms with Gasteiger partial charge in [-0.05, 0) is 77.4 Å². The van der Waals surface area contributed by atoms with Crippen LogP contribution in [0, 0.1) is 11.6 Å². The molecule has 0 bridgehead atoms. The number of hydrogen-bond acceptors (Lipinski definition) is 2. The lowest BCUT2D eigenvalue weighted by molar-refractivity contribution is -0.136. The van der Waals surface area contributed by atoms with Gasteiger partial charge in [0, 0.05) is 47.6 Å². The summed E-state index contributed by atoms with van der Waals surface area (Å²) in [5.41, 5.74) is 3.95. The second kappa shape index (κ2) is 10.7. The number of nitrogens with zero attached hydrogens (tertiary/aromatic N) is 2. The second-order valence-corrected chi connectivity index (χ2v) is 9.86. The number of aromatic amines is 1. The van der Waals surface area contributed by atoms with Crippen LogP contribution >= 0.6 is 15.9 Å². The Balaban J connectivity index is 1.29. The van der Waals surface area contributed by atoms with Crippen LogP contribution in [-0.4, -0.2) is 52.8 Å². The minimum atomic E-state index is -0.355. The molecule has 1 N–H and O–H groups in total. The van der Waals surface area contributed by atoms with Crippen LogP contribution in [0.5, 0.6) is 0 Å². The molecule has 1 aliphatic rings. The molecular weight excluding hydrogens is 540 g/mol. The molecule has 188 valence electrons.